The number of rotatable bonds is 5. The number of hydrogen-bond acceptors (Lipinski definition) is 3. The van der Waals surface area contributed by atoms with Crippen molar-refractivity contribution < 1.29 is 9.59 Å². The minimum absolute atomic E-state index is 0.156. The lowest BCUT2D eigenvalue weighted by Gasteiger charge is -2.20. The summed E-state index contributed by atoms with van der Waals surface area (Å²) in [7, 11) is 0. The molecular weight excluding hydrogens is 360 g/mol. The molecule has 4 heteroatoms. The Labute approximate surface area is 171 Å². The standard InChI is InChI=1S/C25H24N2O2/c1-18-17-20(13-14-23(18)27-15-7-8-16-27)26-25(29)22-12-6-5-11-21(22)24(28)19-9-3-2-4-10-19/h2-6,9-14,17H,7-8,15-16H2,1H3,(H,26,29). The number of ketones is 1. The zero-order valence-electron chi connectivity index (χ0n) is 16.5. The Balaban J connectivity index is 1.56. The maximum absolute atomic E-state index is 12.9. The molecule has 4 nitrogen and oxygen atoms in total. The van der Waals surface area contributed by atoms with Crippen LogP contribution in [0.3, 0.4) is 0 Å². The number of benzene rings is 3. The minimum Gasteiger partial charge on any atom is -0.371 e. The van der Waals surface area contributed by atoms with Crippen LogP contribution >= 0.6 is 0 Å². The Bertz CT molecular complexity index is 1040. The minimum atomic E-state index is -0.279. The molecule has 3 aromatic carbocycles. The first kappa shape index (κ1) is 18.9. The SMILES string of the molecule is Cc1cc(NC(=O)c2ccccc2C(=O)c2ccccc2)ccc1N1CCCC1. The molecule has 1 aliphatic rings. The largest absolute Gasteiger partial charge is 0.371 e. The van der Waals surface area contributed by atoms with E-state index < -0.39 is 0 Å². The van der Waals surface area contributed by atoms with Crippen molar-refractivity contribution in [2.45, 2.75) is 19.8 Å². The third-order valence-corrected chi connectivity index (χ3v) is 5.35. The van der Waals surface area contributed by atoms with Gasteiger partial charge in [0.25, 0.3) is 5.91 Å². The molecule has 0 bridgehead atoms. The van der Waals surface area contributed by atoms with Crippen LogP contribution < -0.4 is 10.2 Å². The lowest BCUT2D eigenvalue weighted by atomic mass is 9.98. The van der Waals surface area contributed by atoms with Gasteiger partial charge in [0.2, 0.25) is 0 Å². The highest BCUT2D eigenvalue weighted by Crippen LogP contribution is 2.27. The van der Waals surface area contributed by atoms with Crippen LogP contribution in [0.5, 0.6) is 0 Å². The van der Waals surface area contributed by atoms with Crippen molar-refractivity contribution in [2.75, 3.05) is 23.3 Å². The number of carbonyl (C=O) groups is 2. The fraction of sp³-hybridized carbons (Fsp3) is 0.200. The van der Waals surface area contributed by atoms with Gasteiger partial charge in [-0.15, -0.1) is 0 Å². The molecule has 1 amide bonds. The molecule has 0 aliphatic carbocycles. The van der Waals surface area contributed by atoms with Crippen molar-refractivity contribution in [2.24, 2.45) is 0 Å². The molecule has 1 saturated heterocycles. The molecule has 4 rings (SSSR count). The molecule has 0 unspecified atom stereocenters. The number of aryl methyl sites for hydroxylation is 1. The van der Waals surface area contributed by atoms with E-state index in [4.69, 9.17) is 0 Å². The normalized spacial score (nSPS) is 13.3. The average Bonchev–Trinajstić information content (AvgIpc) is 3.28. The quantitative estimate of drug-likeness (QED) is 0.624. The summed E-state index contributed by atoms with van der Waals surface area (Å²) in [4.78, 5) is 28.2. The molecule has 146 valence electrons. The molecule has 0 aromatic heterocycles. The number of anilines is 2. The van der Waals surface area contributed by atoms with Gasteiger partial charge in [0.15, 0.2) is 5.78 Å². The molecule has 1 aliphatic heterocycles. The van der Waals surface area contributed by atoms with E-state index in [-0.39, 0.29) is 11.7 Å². The Morgan fingerprint density at radius 3 is 2.17 bits per heavy atom. The first-order chi connectivity index (χ1) is 14.1. The van der Waals surface area contributed by atoms with Gasteiger partial charge in [0.05, 0.1) is 5.56 Å². The van der Waals surface area contributed by atoms with E-state index in [9.17, 15) is 9.59 Å². The summed E-state index contributed by atoms with van der Waals surface area (Å²) in [5, 5.41) is 2.95. The second kappa shape index (κ2) is 8.31. The molecule has 1 heterocycles. The summed E-state index contributed by atoms with van der Waals surface area (Å²) in [6.07, 6.45) is 2.45. The maximum atomic E-state index is 12.9. The number of nitrogens with zero attached hydrogens (tertiary/aromatic N) is 1. The Morgan fingerprint density at radius 1 is 0.828 bits per heavy atom. The highest BCUT2D eigenvalue weighted by molar-refractivity contribution is 6.17. The third-order valence-electron chi connectivity index (χ3n) is 5.35. The van der Waals surface area contributed by atoms with E-state index in [0.29, 0.717) is 16.7 Å². The molecule has 1 fully saturated rings. The summed E-state index contributed by atoms with van der Waals surface area (Å²) >= 11 is 0. The predicted octanol–water partition coefficient (Wildman–Crippen LogP) is 5.08. The van der Waals surface area contributed by atoms with Crippen LogP contribution in [0.25, 0.3) is 0 Å². The number of nitrogens with one attached hydrogen (secondary N) is 1. The van der Waals surface area contributed by atoms with Crippen LogP contribution in [0.15, 0.2) is 72.8 Å². The van der Waals surface area contributed by atoms with Gasteiger partial charge >= 0.3 is 0 Å². The van der Waals surface area contributed by atoms with E-state index in [1.165, 1.54) is 18.5 Å². The second-order valence-corrected chi connectivity index (χ2v) is 7.39. The van der Waals surface area contributed by atoms with Gasteiger partial charge in [-0.3, -0.25) is 9.59 Å². The van der Waals surface area contributed by atoms with Gasteiger partial charge < -0.3 is 10.2 Å². The van der Waals surface area contributed by atoms with Gasteiger partial charge in [-0.25, -0.2) is 0 Å². The van der Waals surface area contributed by atoms with Crippen molar-refractivity contribution in [3.05, 3.63) is 95.1 Å². The van der Waals surface area contributed by atoms with Gasteiger partial charge in [0, 0.05) is 35.6 Å². The van der Waals surface area contributed by atoms with Gasteiger partial charge in [-0.2, -0.15) is 0 Å². The van der Waals surface area contributed by atoms with E-state index in [0.717, 1.165) is 24.3 Å². The van der Waals surface area contributed by atoms with E-state index in [1.807, 2.05) is 30.3 Å². The van der Waals surface area contributed by atoms with Crippen LogP contribution in [-0.4, -0.2) is 24.8 Å². The molecule has 0 saturated carbocycles. The Hall–Kier alpha value is -3.40. The Morgan fingerprint density at radius 2 is 1.48 bits per heavy atom. The number of carbonyl (C=O) groups excluding carboxylic acids is 2. The topological polar surface area (TPSA) is 49.4 Å². The zero-order valence-corrected chi connectivity index (χ0v) is 16.5. The van der Waals surface area contributed by atoms with Crippen LogP contribution in [0.1, 0.15) is 44.7 Å². The number of amides is 1. The first-order valence-electron chi connectivity index (χ1n) is 9.99. The summed E-state index contributed by atoms with van der Waals surface area (Å²) in [5.74, 6) is -0.435. The van der Waals surface area contributed by atoms with Crippen LogP contribution in [0.2, 0.25) is 0 Å². The first-order valence-corrected chi connectivity index (χ1v) is 9.99. The van der Waals surface area contributed by atoms with E-state index in [1.54, 1.807) is 36.4 Å². The van der Waals surface area contributed by atoms with Gasteiger partial charge in [-0.05, 0) is 49.6 Å². The highest BCUT2D eigenvalue weighted by atomic mass is 16.2. The molecule has 0 atom stereocenters. The summed E-state index contributed by atoms with van der Waals surface area (Å²) in [6.45, 7) is 4.24. The summed E-state index contributed by atoms with van der Waals surface area (Å²) in [6, 6.07) is 22.0. The third kappa shape index (κ3) is 4.06. The molecule has 0 spiro atoms. The van der Waals surface area contributed by atoms with E-state index in [2.05, 4.69) is 23.2 Å². The smallest absolute Gasteiger partial charge is 0.256 e. The van der Waals surface area contributed by atoms with Crippen molar-refractivity contribution in [1.29, 1.82) is 0 Å². The fourth-order valence-corrected chi connectivity index (χ4v) is 3.87. The van der Waals surface area contributed by atoms with Crippen molar-refractivity contribution >= 4 is 23.1 Å². The van der Waals surface area contributed by atoms with Gasteiger partial charge in [0.1, 0.15) is 0 Å². The van der Waals surface area contributed by atoms with E-state index >= 15 is 0 Å². The molecule has 0 radical (unpaired) electrons. The highest BCUT2D eigenvalue weighted by Gasteiger charge is 2.19. The molecule has 3 aromatic rings. The fourth-order valence-electron chi connectivity index (χ4n) is 3.87. The van der Waals surface area contributed by atoms with Crippen LogP contribution in [0, 0.1) is 6.92 Å². The molecule has 29 heavy (non-hydrogen) atoms. The van der Waals surface area contributed by atoms with Gasteiger partial charge in [-0.1, -0.05) is 48.5 Å². The lowest BCUT2D eigenvalue weighted by Crippen LogP contribution is -2.19. The van der Waals surface area contributed by atoms with Crippen LogP contribution in [0.4, 0.5) is 11.4 Å². The molecular formula is C25H24N2O2. The maximum Gasteiger partial charge on any atom is 0.256 e. The summed E-state index contributed by atoms with van der Waals surface area (Å²) < 4.78 is 0. The zero-order chi connectivity index (χ0) is 20.2. The summed E-state index contributed by atoms with van der Waals surface area (Å²) in [5.41, 5.74) is 4.44. The lowest BCUT2D eigenvalue weighted by molar-refractivity contribution is 0.0996. The molecule has 1 N–H and O–H groups in total. The monoisotopic (exact) mass is 384 g/mol. The second-order valence-electron chi connectivity index (χ2n) is 7.39. The number of hydrogen-bond donors (Lipinski definition) is 1. The average molecular weight is 384 g/mol. The van der Waals surface area contributed by atoms with Crippen molar-refractivity contribution in [3.63, 3.8) is 0 Å². The predicted molar refractivity (Wildman–Crippen MR) is 117 cm³/mol. The van der Waals surface area contributed by atoms with Crippen LogP contribution in [-0.2, 0) is 0 Å². The van der Waals surface area contributed by atoms with Crippen molar-refractivity contribution in [3.8, 4) is 0 Å². The Kier molecular flexibility index (Phi) is 5.43. The van der Waals surface area contributed by atoms with Crippen molar-refractivity contribution in [1.82, 2.24) is 0 Å².